The maximum atomic E-state index is 11.1. The van der Waals surface area contributed by atoms with Gasteiger partial charge in [0.05, 0.1) is 11.6 Å². The molecule has 2 rings (SSSR count). The first-order valence-corrected chi connectivity index (χ1v) is 7.70. The molecule has 1 aromatic carbocycles. The fourth-order valence-electron chi connectivity index (χ4n) is 2.19. The van der Waals surface area contributed by atoms with Gasteiger partial charge in [-0.1, -0.05) is 15.9 Å². The number of carbonyl (C=O) groups excluding carboxylic acids is 1. The van der Waals surface area contributed by atoms with E-state index in [0.717, 1.165) is 33.2 Å². The number of ether oxygens (including phenoxy) is 1. The second kappa shape index (κ2) is 6.72. The number of methoxy groups -OCH3 is 1. The molecule has 0 radical (unpaired) electrons. The molecule has 104 valence electrons. The Bertz CT molecular complexity index is 480. The van der Waals surface area contributed by atoms with Crippen molar-refractivity contribution in [3.8, 4) is 5.75 Å². The topological polar surface area (TPSA) is 50.4 Å². The normalized spacial score (nSPS) is 18.5. The van der Waals surface area contributed by atoms with Crippen LogP contribution in [0.1, 0.15) is 18.4 Å². The molecular formula is C13H16Br2N2O2. The van der Waals surface area contributed by atoms with Gasteiger partial charge in [0.1, 0.15) is 5.75 Å². The zero-order valence-corrected chi connectivity index (χ0v) is 13.8. The molecule has 0 bridgehead atoms. The summed E-state index contributed by atoms with van der Waals surface area (Å²) in [6.07, 6.45) is 1.54. The van der Waals surface area contributed by atoms with Crippen LogP contribution in [0.3, 0.4) is 0 Å². The number of hydrogen-bond acceptors (Lipinski definition) is 3. The summed E-state index contributed by atoms with van der Waals surface area (Å²) in [4.78, 5) is 11.1. The van der Waals surface area contributed by atoms with Gasteiger partial charge >= 0.3 is 0 Å². The summed E-state index contributed by atoms with van der Waals surface area (Å²) in [5.74, 6) is 0.987. The quantitative estimate of drug-likeness (QED) is 0.810. The van der Waals surface area contributed by atoms with Crippen LogP contribution in [0.2, 0.25) is 0 Å². The Morgan fingerprint density at radius 2 is 2.26 bits per heavy atom. The lowest BCUT2D eigenvalue weighted by molar-refractivity contribution is -0.119. The van der Waals surface area contributed by atoms with Gasteiger partial charge in [0, 0.05) is 35.6 Å². The van der Waals surface area contributed by atoms with E-state index in [-0.39, 0.29) is 11.9 Å². The molecule has 1 aliphatic rings. The van der Waals surface area contributed by atoms with Crippen molar-refractivity contribution in [1.29, 1.82) is 0 Å². The predicted molar refractivity (Wildman–Crippen MR) is 81.3 cm³/mol. The lowest BCUT2D eigenvalue weighted by atomic mass is 10.2. The van der Waals surface area contributed by atoms with Crippen LogP contribution in [-0.2, 0) is 11.3 Å². The molecular weight excluding hydrogens is 376 g/mol. The molecule has 1 heterocycles. The Morgan fingerprint density at radius 1 is 1.47 bits per heavy atom. The van der Waals surface area contributed by atoms with E-state index in [9.17, 15) is 4.79 Å². The van der Waals surface area contributed by atoms with Crippen molar-refractivity contribution in [3.05, 3.63) is 26.6 Å². The van der Waals surface area contributed by atoms with Crippen LogP contribution in [-0.4, -0.2) is 25.6 Å². The van der Waals surface area contributed by atoms with Gasteiger partial charge in [-0.25, -0.2) is 0 Å². The highest BCUT2D eigenvalue weighted by molar-refractivity contribution is 9.11. The Hall–Kier alpha value is -0.590. The molecule has 0 saturated carbocycles. The molecule has 0 spiro atoms. The standard InChI is InChI=1S/C13H16Br2N2O2/c1-19-13-8(4-9(14)5-11(13)15)6-16-7-10-2-3-12(18)17-10/h4-5,10,16H,2-3,6-7H2,1H3,(H,17,18). The zero-order valence-electron chi connectivity index (χ0n) is 10.6. The average molecular weight is 392 g/mol. The third-order valence-electron chi connectivity index (χ3n) is 3.08. The highest BCUT2D eigenvalue weighted by atomic mass is 79.9. The molecule has 6 heteroatoms. The molecule has 0 aliphatic carbocycles. The van der Waals surface area contributed by atoms with Crippen LogP contribution in [0.25, 0.3) is 0 Å². The van der Waals surface area contributed by atoms with Crippen molar-refractivity contribution in [1.82, 2.24) is 10.6 Å². The summed E-state index contributed by atoms with van der Waals surface area (Å²) < 4.78 is 7.33. The van der Waals surface area contributed by atoms with E-state index in [1.54, 1.807) is 7.11 Å². The van der Waals surface area contributed by atoms with Crippen LogP contribution in [0.15, 0.2) is 21.1 Å². The average Bonchev–Trinajstić information content (AvgIpc) is 2.74. The summed E-state index contributed by atoms with van der Waals surface area (Å²) in [6.45, 7) is 1.48. The largest absolute Gasteiger partial charge is 0.495 e. The van der Waals surface area contributed by atoms with Crippen LogP contribution >= 0.6 is 31.9 Å². The maximum Gasteiger partial charge on any atom is 0.220 e. The maximum absolute atomic E-state index is 11.1. The molecule has 1 saturated heterocycles. The smallest absolute Gasteiger partial charge is 0.220 e. The fraction of sp³-hybridized carbons (Fsp3) is 0.462. The predicted octanol–water partition coefficient (Wildman–Crippen LogP) is 2.59. The lowest BCUT2D eigenvalue weighted by Gasteiger charge is -2.14. The van der Waals surface area contributed by atoms with Crippen LogP contribution in [0.5, 0.6) is 5.75 Å². The van der Waals surface area contributed by atoms with Gasteiger partial charge in [0.2, 0.25) is 5.91 Å². The minimum absolute atomic E-state index is 0.148. The first kappa shape index (κ1) is 14.8. The Labute approximate surface area is 129 Å². The van der Waals surface area contributed by atoms with Gasteiger partial charge in [-0.2, -0.15) is 0 Å². The minimum Gasteiger partial charge on any atom is -0.495 e. The summed E-state index contributed by atoms with van der Waals surface area (Å²) in [6, 6.07) is 4.23. The number of halogens is 2. The van der Waals surface area contributed by atoms with E-state index < -0.39 is 0 Å². The molecule has 1 atom stereocenters. The fourth-order valence-corrected chi connectivity index (χ4v) is 3.66. The number of hydrogen-bond donors (Lipinski definition) is 2. The number of amides is 1. The SMILES string of the molecule is COc1c(Br)cc(Br)cc1CNCC1CCC(=O)N1. The van der Waals surface area contributed by atoms with E-state index in [4.69, 9.17) is 4.74 Å². The van der Waals surface area contributed by atoms with E-state index >= 15 is 0 Å². The van der Waals surface area contributed by atoms with Crippen molar-refractivity contribution in [2.75, 3.05) is 13.7 Å². The van der Waals surface area contributed by atoms with Crippen LogP contribution in [0, 0.1) is 0 Å². The van der Waals surface area contributed by atoms with Gasteiger partial charge in [0.15, 0.2) is 0 Å². The van der Waals surface area contributed by atoms with Crippen LogP contribution in [0.4, 0.5) is 0 Å². The second-order valence-electron chi connectivity index (χ2n) is 4.51. The molecule has 1 aliphatic heterocycles. The van der Waals surface area contributed by atoms with Crippen molar-refractivity contribution >= 4 is 37.8 Å². The number of nitrogens with one attached hydrogen (secondary N) is 2. The third-order valence-corrected chi connectivity index (χ3v) is 4.13. The van der Waals surface area contributed by atoms with Crippen molar-refractivity contribution in [2.45, 2.75) is 25.4 Å². The molecule has 19 heavy (non-hydrogen) atoms. The minimum atomic E-state index is 0.148. The molecule has 0 aromatic heterocycles. The summed E-state index contributed by atoms with van der Waals surface area (Å²) in [5.41, 5.74) is 1.08. The Balaban J connectivity index is 1.93. The highest BCUT2D eigenvalue weighted by Crippen LogP contribution is 2.32. The van der Waals surface area contributed by atoms with E-state index in [1.807, 2.05) is 12.1 Å². The zero-order chi connectivity index (χ0) is 13.8. The molecule has 1 unspecified atom stereocenters. The van der Waals surface area contributed by atoms with E-state index in [1.165, 1.54) is 0 Å². The van der Waals surface area contributed by atoms with E-state index in [0.29, 0.717) is 13.0 Å². The first-order valence-electron chi connectivity index (χ1n) is 6.12. The van der Waals surface area contributed by atoms with Gasteiger partial charge in [-0.05, 0) is 34.5 Å². The molecule has 2 N–H and O–H groups in total. The number of rotatable bonds is 5. The second-order valence-corrected chi connectivity index (χ2v) is 6.28. The van der Waals surface area contributed by atoms with Crippen molar-refractivity contribution in [2.24, 2.45) is 0 Å². The van der Waals surface area contributed by atoms with Gasteiger partial charge in [-0.15, -0.1) is 0 Å². The molecule has 1 aromatic rings. The lowest BCUT2D eigenvalue weighted by Crippen LogP contribution is -2.35. The summed E-state index contributed by atoms with van der Waals surface area (Å²) in [5, 5.41) is 6.30. The molecule has 1 fully saturated rings. The Morgan fingerprint density at radius 3 is 2.89 bits per heavy atom. The molecule has 1 amide bonds. The van der Waals surface area contributed by atoms with Gasteiger partial charge in [-0.3, -0.25) is 4.79 Å². The van der Waals surface area contributed by atoms with Gasteiger partial charge < -0.3 is 15.4 Å². The monoisotopic (exact) mass is 390 g/mol. The summed E-state index contributed by atoms with van der Waals surface area (Å²) in [7, 11) is 1.66. The molecule has 4 nitrogen and oxygen atoms in total. The number of benzene rings is 1. The van der Waals surface area contributed by atoms with Crippen molar-refractivity contribution < 1.29 is 9.53 Å². The highest BCUT2D eigenvalue weighted by Gasteiger charge is 2.20. The number of carbonyl (C=O) groups is 1. The van der Waals surface area contributed by atoms with Crippen molar-refractivity contribution in [3.63, 3.8) is 0 Å². The van der Waals surface area contributed by atoms with E-state index in [2.05, 4.69) is 42.5 Å². The third kappa shape index (κ3) is 3.94. The van der Waals surface area contributed by atoms with Gasteiger partial charge in [0.25, 0.3) is 0 Å². The Kier molecular flexibility index (Phi) is 5.24. The van der Waals surface area contributed by atoms with Crippen LogP contribution < -0.4 is 15.4 Å². The summed E-state index contributed by atoms with van der Waals surface area (Å²) >= 11 is 6.96. The first-order chi connectivity index (χ1) is 9.10.